The first-order chi connectivity index (χ1) is 8.62. The monoisotopic (exact) mass is 250 g/mol. The summed E-state index contributed by atoms with van der Waals surface area (Å²) in [5.74, 6) is 0.0543. The fourth-order valence-corrected chi connectivity index (χ4v) is 3.13. The van der Waals surface area contributed by atoms with Crippen molar-refractivity contribution in [3.05, 3.63) is 11.3 Å². The standard InChI is InChI=1S/C13H18N2O3/c1-9-10(7-18-12(9)17)15-5-3-13(11(16)6-15)2-4-14-8-13/h14H,2-8H2,1H3. The third kappa shape index (κ3) is 1.65. The molecule has 5 nitrogen and oxygen atoms in total. The van der Waals surface area contributed by atoms with Gasteiger partial charge in [0, 0.05) is 18.5 Å². The zero-order valence-corrected chi connectivity index (χ0v) is 10.6. The normalized spacial score (nSPS) is 32.6. The molecule has 3 heterocycles. The Morgan fingerprint density at radius 1 is 1.33 bits per heavy atom. The van der Waals surface area contributed by atoms with Gasteiger partial charge in [0.25, 0.3) is 0 Å². The van der Waals surface area contributed by atoms with E-state index in [0.717, 1.165) is 38.2 Å². The topological polar surface area (TPSA) is 58.6 Å². The van der Waals surface area contributed by atoms with Crippen LogP contribution in [0.2, 0.25) is 0 Å². The minimum absolute atomic E-state index is 0.144. The molecule has 3 aliphatic rings. The predicted octanol–water partition coefficient (Wildman–Crippen LogP) is 0.0717. The van der Waals surface area contributed by atoms with Crippen LogP contribution in [0.25, 0.3) is 0 Å². The third-order valence-corrected chi connectivity index (χ3v) is 4.49. The van der Waals surface area contributed by atoms with Crippen LogP contribution in [0.5, 0.6) is 0 Å². The number of hydrogen-bond donors (Lipinski definition) is 1. The molecule has 3 aliphatic heterocycles. The summed E-state index contributed by atoms with van der Waals surface area (Å²) in [6, 6.07) is 0. The van der Waals surface area contributed by atoms with Gasteiger partial charge in [-0.15, -0.1) is 0 Å². The highest BCUT2D eigenvalue weighted by molar-refractivity contribution is 5.92. The summed E-state index contributed by atoms with van der Waals surface area (Å²) >= 11 is 0. The lowest BCUT2D eigenvalue weighted by molar-refractivity contribution is -0.136. The van der Waals surface area contributed by atoms with E-state index in [0.29, 0.717) is 24.5 Å². The van der Waals surface area contributed by atoms with Crippen molar-refractivity contribution in [3.63, 3.8) is 0 Å². The van der Waals surface area contributed by atoms with E-state index < -0.39 is 0 Å². The van der Waals surface area contributed by atoms with Crippen LogP contribution in [0.1, 0.15) is 19.8 Å². The molecule has 0 bridgehead atoms. The largest absolute Gasteiger partial charge is 0.456 e. The minimum Gasteiger partial charge on any atom is -0.456 e. The fourth-order valence-electron chi connectivity index (χ4n) is 3.13. The average molecular weight is 250 g/mol. The summed E-state index contributed by atoms with van der Waals surface area (Å²) in [6.07, 6.45) is 1.83. The first-order valence-electron chi connectivity index (χ1n) is 6.48. The predicted molar refractivity (Wildman–Crippen MR) is 64.8 cm³/mol. The SMILES string of the molecule is CC1=C(N2CCC3(CCNC3)C(=O)C2)COC1=O. The molecular weight excluding hydrogens is 232 g/mol. The number of Topliss-reactive ketones (excluding diaryl/α,β-unsaturated/α-hetero) is 1. The number of ketones is 1. The molecule has 0 radical (unpaired) electrons. The van der Waals surface area contributed by atoms with E-state index in [9.17, 15) is 9.59 Å². The molecule has 0 aromatic rings. The van der Waals surface area contributed by atoms with Crippen LogP contribution >= 0.6 is 0 Å². The molecule has 2 fully saturated rings. The van der Waals surface area contributed by atoms with E-state index >= 15 is 0 Å². The van der Waals surface area contributed by atoms with Gasteiger partial charge < -0.3 is 15.0 Å². The number of likely N-dealkylation sites (tertiary alicyclic amines) is 1. The van der Waals surface area contributed by atoms with Gasteiger partial charge in [-0.2, -0.15) is 0 Å². The van der Waals surface area contributed by atoms with Gasteiger partial charge in [0.15, 0.2) is 5.78 Å². The Hall–Kier alpha value is -1.36. The van der Waals surface area contributed by atoms with E-state index in [-0.39, 0.29) is 11.4 Å². The number of hydrogen-bond acceptors (Lipinski definition) is 5. The molecule has 1 unspecified atom stereocenters. The highest BCUT2D eigenvalue weighted by Crippen LogP contribution is 2.36. The molecule has 2 saturated heterocycles. The maximum absolute atomic E-state index is 12.3. The Morgan fingerprint density at radius 2 is 2.17 bits per heavy atom. The maximum Gasteiger partial charge on any atom is 0.335 e. The summed E-state index contributed by atoms with van der Waals surface area (Å²) in [5, 5.41) is 3.28. The quantitative estimate of drug-likeness (QED) is 0.667. The Balaban J connectivity index is 1.76. The van der Waals surface area contributed by atoms with Gasteiger partial charge in [0.2, 0.25) is 0 Å². The number of piperidine rings is 1. The van der Waals surface area contributed by atoms with Gasteiger partial charge in [0.1, 0.15) is 6.61 Å². The van der Waals surface area contributed by atoms with Crippen LogP contribution in [0.15, 0.2) is 11.3 Å². The van der Waals surface area contributed by atoms with E-state index in [4.69, 9.17) is 4.74 Å². The number of esters is 1. The van der Waals surface area contributed by atoms with Crippen LogP contribution in [0, 0.1) is 5.41 Å². The molecule has 1 atom stereocenters. The number of carbonyl (C=O) groups is 2. The van der Waals surface area contributed by atoms with Gasteiger partial charge in [0.05, 0.1) is 17.8 Å². The molecule has 3 rings (SSSR count). The zero-order chi connectivity index (χ0) is 12.8. The van der Waals surface area contributed by atoms with Crippen molar-refractivity contribution in [1.82, 2.24) is 10.2 Å². The van der Waals surface area contributed by atoms with E-state index in [2.05, 4.69) is 5.32 Å². The first-order valence-corrected chi connectivity index (χ1v) is 6.48. The average Bonchev–Trinajstić information content (AvgIpc) is 2.94. The molecule has 0 aliphatic carbocycles. The summed E-state index contributed by atoms with van der Waals surface area (Å²) < 4.78 is 5.00. The number of cyclic esters (lactones) is 1. The zero-order valence-electron chi connectivity index (χ0n) is 10.6. The number of carbonyl (C=O) groups excluding carboxylic acids is 2. The molecule has 98 valence electrons. The summed E-state index contributed by atoms with van der Waals surface area (Å²) in [7, 11) is 0. The van der Waals surface area contributed by atoms with Gasteiger partial charge in [-0.05, 0) is 26.3 Å². The van der Waals surface area contributed by atoms with Crippen molar-refractivity contribution in [3.8, 4) is 0 Å². The van der Waals surface area contributed by atoms with E-state index in [1.54, 1.807) is 6.92 Å². The smallest absolute Gasteiger partial charge is 0.335 e. The summed E-state index contributed by atoms with van der Waals surface area (Å²) in [5.41, 5.74) is 1.41. The minimum atomic E-state index is -0.250. The first kappa shape index (κ1) is 11.7. The van der Waals surface area contributed by atoms with Crippen LogP contribution in [-0.2, 0) is 14.3 Å². The van der Waals surface area contributed by atoms with Gasteiger partial charge in [-0.1, -0.05) is 0 Å². The Kier molecular flexibility index (Phi) is 2.66. The molecule has 0 amide bonds. The lowest BCUT2D eigenvalue weighted by atomic mass is 9.76. The lowest BCUT2D eigenvalue weighted by Gasteiger charge is -2.38. The molecule has 0 saturated carbocycles. The Morgan fingerprint density at radius 3 is 2.72 bits per heavy atom. The Bertz CT molecular complexity index is 436. The Labute approximate surface area is 106 Å². The molecule has 0 aromatic heterocycles. The van der Waals surface area contributed by atoms with Crippen LogP contribution < -0.4 is 5.32 Å². The van der Waals surface area contributed by atoms with Crippen molar-refractivity contribution in [1.29, 1.82) is 0 Å². The van der Waals surface area contributed by atoms with E-state index in [1.165, 1.54) is 0 Å². The molecule has 18 heavy (non-hydrogen) atoms. The van der Waals surface area contributed by atoms with E-state index in [1.807, 2.05) is 4.90 Å². The molecule has 0 aromatic carbocycles. The van der Waals surface area contributed by atoms with Gasteiger partial charge in [-0.3, -0.25) is 4.79 Å². The lowest BCUT2D eigenvalue weighted by Crippen LogP contribution is -2.48. The van der Waals surface area contributed by atoms with Gasteiger partial charge in [-0.25, -0.2) is 4.79 Å². The van der Waals surface area contributed by atoms with Gasteiger partial charge >= 0.3 is 5.97 Å². The second kappa shape index (κ2) is 4.09. The molecule has 5 heteroatoms. The molecule has 1 spiro atoms. The van der Waals surface area contributed by atoms with Crippen molar-refractivity contribution >= 4 is 11.8 Å². The van der Waals surface area contributed by atoms with Crippen molar-refractivity contribution in [2.75, 3.05) is 32.8 Å². The second-order valence-corrected chi connectivity index (χ2v) is 5.45. The molecular formula is C13H18N2O3. The number of ether oxygens (including phenoxy) is 1. The second-order valence-electron chi connectivity index (χ2n) is 5.45. The number of rotatable bonds is 1. The summed E-state index contributed by atoms with van der Waals surface area (Å²) in [4.78, 5) is 25.7. The highest BCUT2D eigenvalue weighted by Gasteiger charge is 2.45. The van der Waals surface area contributed by atoms with Crippen LogP contribution in [-0.4, -0.2) is 49.4 Å². The highest BCUT2D eigenvalue weighted by atomic mass is 16.5. The van der Waals surface area contributed by atoms with Crippen LogP contribution in [0.3, 0.4) is 0 Å². The number of nitrogens with one attached hydrogen (secondary N) is 1. The fraction of sp³-hybridized carbons (Fsp3) is 0.692. The van der Waals surface area contributed by atoms with Crippen molar-refractivity contribution < 1.29 is 14.3 Å². The van der Waals surface area contributed by atoms with Crippen molar-refractivity contribution in [2.24, 2.45) is 5.41 Å². The maximum atomic E-state index is 12.3. The van der Waals surface area contributed by atoms with Crippen LogP contribution in [0.4, 0.5) is 0 Å². The number of nitrogens with zero attached hydrogens (tertiary/aromatic N) is 1. The van der Waals surface area contributed by atoms with Crippen molar-refractivity contribution in [2.45, 2.75) is 19.8 Å². The molecule has 1 N–H and O–H groups in total. The third-order valence-electron chi connectivity index (χ3n) is 4.49. The summed E-state index contributed by atoms with van der Waals surface area (Å²) in [6.45, 7) is 5.11.